The Bertz CT molecular complexity index is 878. The zero-order valence-corrected chi connectivity index (χ0v) is 14.1. The van der Waals surface area contributed by atoms with Crippen LogP contribution in [0, 0.1) is 0 Å². The fourth-order valence-electron chi connectivity index (χ4n) is 1.77. The minimum Gasteiger partial charge on any atom is -0.268 e. The van der Waals surface area contributed by atoms with Crippen molar-refractivity contribution in [3.05, 3.63) is 66.0 Å². The first kappa shape index (κ1) is 18.3. The van der Waals surface area contributed by atoms with E-state index in [1.54, 1.807) is 24.3 Å². The van der Waals surface area contributed by atoms with E-state index >= 15 is 0 Å². The van der Waals surface area contributed by atoms with Gasteiger partial charge in [0.1, 0.15) is 5.69 Å². The number of carbonyl (C=O) groups is 2. The van der Waals surface area contributed by atoms with E-state index in [9.17, 15) is 18.0 Å². The monoisotopic (exact) mass is 360 g/mol. The van der Waals surface area contributed by atoms with Gasteiger partial charge in [-0.15, -0.1) is 0 Å². The molecule has 0 fully saturated rings. The maximum Gasteiger partial charge on any atom is 0.288 e. The second kappa shape index (κ2) is 8.18. The number of sulfonamides is 1. The SMILES string of the molecule is CNS(=O)(=O)c1ccc(/C=C/C(=O)NNC(=O)c2ccccn2)cc1. The molecule has 0 unspecified atom stereocenters. The smallest absolute Gasteiger partial charge is 0.268 e. The zero-order chi connectivity index (χ0) is 18.3. The molecule has 0 aliphatic rings. The summed E-state index contributed by atoms with van der Waals surface area (Å²) in [5.74, 6) is -1.08. The Labute approximate surface area is 145 Å². The molecule has 3 N–H and O–H groups in total. The van der Waals surface area contributed by atoms with Gasteiger partial charge in [-0.2, -0.15) is 0 Å². The highest BCUT2D eigenvalue weighted by molar-refractivity contribution is 7.89. The highest BCUT2D eigenvalue weighted by Crippen LogP contribution is 2.11. The van der Waals surface area contributed by atoms with E-state index in [1.807, 2.05) is 0 Å². The summed E-state index contributed by atoms with van der Waals surface area (Å²) in [4.78, 5) is 27.4. The molecule has 0 aliphatic heterocycles. The molecule has 0 radical (unpaired) electrons. The first-order chi connectivity index (χ1) is 11.9. The molecule has 2 rings (SSSR count). The number of hydrazine groups is 1. The molecule has 130 valence electrons. The van der Waals surface area contributed by atoms with E-state index in [1.165, 1.54) is 43.6 Å². The number of amides is 2. The number of pyridine rings is 1. The van der Waals surface area contributed by atoms with E-state index in [4.69, 9.17) is 0 Å². The minimum absolute atomic E-state index is 0.124. The largest absolute Gasteiger partial charge is 0.288 e. The van der Waals surface area contributed by atoms with Gasteiger partial charge in [0.2, 0.25) is 10.0 Å². The second-order valence-electron chi connectivity index (χ2n) is 4.77. The van der Waals surface area contributed by atoms with Crippen LogP contribution in [-0.4, -0.2) is 32.3 Å². The second-order valence-corrected chi connectivity index (χ2v) is 6.65. The van der Waals surface area contributed by atoms with E-state index < -0.39 is 21.8 Å². The Morgan fingerprint density at radius 2 is 1.76 bits per heavy atom. The number of nitrogens with zero attached hydrogens (tertiary/aromatic N) is 1. The third-order valence-electron chi connectivity index (χ3n) is 3.08. The molecule has 1 heterocycles. The summed E-state index contributed by atoms with van der Waals surface area (Å²) in [6, 6.07) is 10.8. The van der Waals surface area contributed by atoms with Crippen molar-refractivity contribution in [3.8, 4) is 0 Å². The third kappa shape index (κ3) is 5.23. The maximum absolute atomic E-state index is 11.7. The van der Waals surface area contributed by atoms with Gasteiger partial charge in [-0.1, -0.05) is 18.2 Å². The molecule has 1 aromatic carbocycles. The van der Waals surface area contributed by atoms with Crippen LogP contribution in [0.3, 0.4) is 0 Å². The van der Waals surface area contributed by atoms with Crippen LogP contribution >= 0.6 is 0 Å². The fraction of sp³-hybridized carbons (Fsp3) is 0.0625. The van der Waals surface area contributed by atoms with Crippen molar-refractivity contribution >= 4 is 27.9 Å². The van der Waals surface area contributed by atoms with Gasteiger partial charge in [-0.25, -0.2) is 13.1 Å². The van der Waals surface area contributed by atoms with Crippen molar-refractivity contribution in [2.75, 3.05) is 7.05 Å². The summed E-state index contributed by atoms with van der Waals surface area (Å²) in [6.07, 6.45) is 4.16. The van der Waals surface area contributed by atoms with Gasteiger partial charge in [0.05, 0.1) is 4.90 Å². The van der Waals surface area contributed by atoms with Gasteiger partial charge >= 0.3 is 0 Å². The van der Waals surface area contributed by atoms with Crippen molar-refractivity contribution in [1.82, 2.24) is 20.6 Å². The molecule has 2 aromatic rings. The molecule has 25 heavy (non-hydrogen) atoms. The lowest BCUT2D eigenvalue weighted by Gasteiger charge is -2.04. The summed E-state index contributed by atoms with van der Waals surface area (Å²) >= 11 is 0. The van der Waals surface area contributed by atoms with Gasteiger partial charge in [0.15, 0.2) is 0 Å². The number of nitrogens with one attached hydrogen (secondary N) is 3. The van der Waals surface area contributed by atoms with Crippen LogP contribution in [0.4, 0.5) is 0 Å². The minimum atomic E-state index is -3.50. The molecule has 9 heteroatoms. The van der Waals surface area contributed by atoms with Crippen LogP contribution < -0.4 is 15.6 Å². The lowest BCUT2D eigenvalue weighted by atomic mass is 10.2. The van der Waals surface area contributed by atoms with Crippen LogP contribution in [0.25, 0.3) is 6.08 Å². The highest BCUT2D eigenvalue weighted by Gasteiger charge is 2.10. The molecule has 0 aliphatic carbocycles. The first-order valence-corrected chi connectivity index (χ1v) is 8.64. The number of benzene rings is 1. The van der Waals surface area contributed by atoms with Gasteiger partial charge in [0, 0.05) is 12.3 Å². The summed E-state index contributed by atoms with van der Waals surface area (Å²) in [7, 11) is -2.17. The Balaban J connectivity index is 1.91. The quantitative estimate of drug-likeness (QED) is 0.529. The van der Waals surface area contributed by atoms with Crippen molar-refractivity contribution in [2.45, 2.75) is 4.90 Å². The van der Waals surface area contributed by atoms with Crippen LogP contribution in [0.2, 0.25) is 0 Å². The first-order valence-electron chi connectivity index (χ1n) is 7.15. The van der Waals surface area contributed by atoms with Crippen LogP contribution in [0.5, 0.6) is 0 Å². The van der Waals surface area contributed by atoms with Gasteiger partial charge in [0.25, 0.3) is 11.8 Å². The molecule has 0 spiro atoms. The molecular weight excluding hydrogens is 344 g/mol. The van der Waals surface area contributed by atoms with Crippen molar-refractivity contribution in [1.29, 1.82) is 0 Å². The highest BCUT2D eigenvalue weighted by atomic mass is 32.2. The number of aromatic nitrogens is 1. The van der Waals surface area contributed by atoms with E-state index in [2.05, 4.69) is 20.6 Å². The molecule has 0 saturated heterocycles. The Morgan fingerprint density at radius 3 is 2.36 bits per heavy atom. The summed E-state index contributed by atoms with van der Waals surface area (Å²) in [6.45, 7) is 0. The van der Waals surface area contributed by atoms with Crippen molar-refractivity contribution in [2.24, 2.45) is 0 Å². The Hall–Kier alpha value is -3.04. The summed E-state index contributed by atoms with van der Waals surface area (Å²) in [5.41, 5.74) is 5.26. The number of hydrogen-bond donors (Lipinski definition) is 3. The average Bonchev–Trinajstić information content (AvgIpc) is 2.65. The van der Waals surface area contributed by atoms with Crippen LogP contribution in [0.1, 0.15) is 16.1 Å². The number of rotatable bonds is 5. The predicted molar refractivity (Wildman–Crippen MR) is 91.6 cm³/mol. The molecule has 1 aromatic heterocycles. The molecule has 2 amide bonds. The molecule has 0 bridgehead atoms. The van der Waals surface area contributed by atoms with E-state index in [0.29, 0.717) is 5.56 Å². The molecule has 0 saturated carbocycles. The Morgan fingerprint density at radius 1 is 1.04 bits per heavy atom. The van der Waals surface area contributed by atoms with Gasteiger partial charge in [-0.3, -0.25) is 25.4 Å². The Kier molecular flexibility index (Phi) is 5.98. The molecule has 8 nitrogen and oxygen atoms in total. The predicted octanol–water partition coefficient (Wildman–Crippen LogP) is 0.464. The standard InChI is InChI=1S/C16H16N4O4S/c1-17-25(23,24)13-8-5-12(6-9-13)7-10-15(21)19-20-16(22)14-4-2-3-11-18-14/h2-11,17H,1H3,(H,19,21)(H,20,22)/b10-7+. The van der Waals surface area contributed by atoms with Crippen molar-refractivity contribution < 1.29 is 18.0 Å². The van der Waals surface area contributed by atoms with E-state index in [0.717, 1.165) is 0 Å². The summed E-state index contributed by atoms with van der Waals surface area (Å²) < 4.78 is 25.4. The third-order valence-corrected chi connectivity index (χ3v) is 4.51. The zero-order valence-electron chi connectivity index (χ0n) is 13.3. The lowest BCUT2D eigenvalue weighted by molar-refractivity contribution is -0.117. The molecular formula is C16H16N4O4S. The van der Waals surface area contributed by atoms with Gasteiger partial charge < -0.3 is 0 Å². The van der Waals surface area contributed by atoms with Gasteiger partial charge in [-0.05, 0) is 43.0 Å². The summed E-state index contributed by atoms with van der Waals surface area (Å²) in [5, 5.41) is 0. The number of carbonyl (C=O) groups excluding carboxylic acids is 2. The topological polar surface area (TPSA) is 117 Å². The van der Waals surface area contributed by atoms with E-state index in [-0.39, 0.29) is 10.6 Å². The van der Waals surface area contributed by atoms with Crippen molar-refractivity contribution in [3.63, 3.8) is 0 Å². The normalized spacial score (nSPS) is 11.2. The van der Waals surface area contributed by atoms with Crippen LogP contribution in [0.15, 0.2) is 59.6 Å². The van der Waals surface area contributed by atoms with Crippen LogP contribution in [-0.2, 0) is 14.8 Å². The number of hydrogen-bond acceptors (Lipinski definition) is 5. The fourth-order valence-corrected chi connectivity index (χ4v) is 2.50. The lowest BCUT2D eigenvalue weighted by Crippen LogP contribution is -2.41. The maximum atomic E-state index is 11.7. The molecule has 0 atom stereocenters. The average molecular weight is 360 g/mol.